The second-order valence-electron chi connectivity index (χ2n) is 5.45. The van der Waals surface area contributed by atoms with Gasteiger partial charge in [-0.2, -0.15) is 0 Å². The second-order valence-corrected chi connectivity index (χ2v) is 5.45. The Labute approximate surface area is 135 Å². The predicted molar refractivity (Wildman–Crippen MR) is 91.8 cm³/mol. The van der Waals surface area contributed by atoms with Crippen LogP contribution in [0.4, 0.5) is 0 Å². The molecule has 1 atom stereocenters. The Balaban J connectivity index is 1.65. The zero-order valence-electron chi connectivity index (χ0n) is 12.8. The van der Waals surface area contributed by atoms with Gasteiger partial charge in [0.2, 0.25) is 5.91 Å². The third-order valence-corrected chi connectivity index (χ3v) is 3.80. The van der Waals surface area contributed by atoms with Crippen LogP contribution < -0.4 is 11.1 Å². The fraction of sp³-hybridized carbons (Fsp3) is 0.158. The molecule has 2 aromatic carbocycles. The molecule has 0 fully saturated rings. The van der Waals surface area contributed by atoms with Crippen LogP contribution in [0.3, 0.4) is 0 Å². The number of pyridine rings is 1. The van der Waals surface area contributed by atoms with Gasteiger partial charge in [-0.1, -0.05) is 54.6 Å². The summed E-state index contributed by atoms with van der Waals surface area (Å²) in [6, 6.07) is 21.2. The van der Waals surface area contributed by atoms with Gasteiger partial charge in [0.05, 0.1) is 5.52 Å². The molecule has 1 amide bonds. The van der Waals surface area contributed by atoms with Crippen molar-refractivity contribution >= 4 is 16.8 Å². The third-order valence-electron chi connectivity index (χ3n) is 3.80. The standard InChI is InChI=1S/C19H19N3O/c20-19(23)18(15-7-2-1-3-8-15)21-13-12-16-11-10-14-6-4-5-9-17(14)22-16/h1-11,18,21H,12-13H2,(H2,20,23)/t18-/m0/s1. The Morgan fingerprint density at radius 2 is 1.74 bits per heavy atom. The lowest BCUT2D eigenvalue weighted by molar-refractivity contribution is -0.120. The van der Waals surface area contributed by atoms with E-state index in [1.807, 2.05) is 60.7 Å². The highest BCUT2D eigenvalue weighted by molar-refractivity contribution is 5.81. The number of nitrogens with one attached hydrogen (secondary N) is 1. The van der Waals surface area contributed by atoms with Crippen molar-refractivity contribution in [1.82, 2.24) is 10.3 Å². The van der Waals surface area contributed by atoms with Crippen LogP contribution in [-0.2, 0) is 11.2 Å². The average molecular weight is 305 g/mol. The van der Waals surface area contributed by atoms with Crippen LogP contribution in [0, 0.1) is 0 Å². The normalized spacial score (nSPS) is 12.2. The highest BCUT2D eigenvalue weighted by Gasteiger charge is 2.16. The quantitative estimate of drug-likeness (QED) is 0.735. The van der Waals surface area contributed by atoms with Crippen molar-refractivity contribution in [3.63, 3.8) is 0 Å². The number of aromatic nitrogens is 1. The van der Waals surface area contributed by atoms with Gasteiger partial charge < -0.3 is 11.1 Å². The largest absolute Gasteiger partial charge is 0.368 e. The number of fused-ring (bicyclic) bond motifs is 1. The van der Waals surface area contributed by atoms with E-state index in [0.717, 1.165) is 28.6 Å². The number of hydrogen-bond donors (Lipinski definition) is 2. The maximum atomic E-state index is 11.7. The van der Waals surface area contributed by atoms with Crippen molar-refractivity contribution in [1.29, 1.82) is 0 Å². The first-order chi connectivity index (χ1) is 11.2. The number of primary amides is 1. The molecule has 23 heavy (non-hydrogen) atoms. The number of benzene rings is 2. The minimum atomic E-state index is -0.475. The minimum Gasteiger partial charge on any atom is -0.368 e. The van der Waals surface area contributed by atoms with Crippen molar-refractivity contribution in [2.75, 3.05) is 6.54 Å². The molecule has 3 N–H and O–H groups in total. The summed E-state index contributed by atoms with van der Waals surface area (Å²) < 4.78 is 0. The fourth-order valence-corrected chi connectivity index (χ4v) is 2.62. The van der Waals surface area contributed by atoms with Crippen LogP contribution in [0.1, 0.15) is 17.3 Å². The Morgan fingerprint density at radius 3 is 2.52 bits per heavy atom. The molecule has 0 bridgehead atoms. The van der Waals surface area contributed by atoms with E-state index in [1.165, 1.54) is 0 Å². The van der Waals surface area contributed by atoms with Crippen LogP contribution in [0.15, 0.2) is 66.7 Å². The topological polar surface area (TPSA) is 68.0 Å². The van der Waals surface area contributed by atoms with E-state index >= 15 is 0 Å². The molecule has 3 rings (SSSR count). The molecule has 1 heterocycles. The maximum Gasteiger partial charge on any atom is 0.239 e. The van der Waals surface area contributed by atoms with E-state index in [-0.39, 0.29) is 5.91 Å². The minimum absolute atomic E-state index is 0.373. The summed E-state index contributed by atoms with van der Waals surface area (Å²) in [6.45, 7) is 0.633. The van der Waals surface area contributed by atoms with Crippen LogP contribution in [0.25, 0.3) is 10.9 Å². The molecule has 0 aliphatic rings. The number of carbonyl (C=O) groups is 1. The van der Waals surface area contributed by atoms with Gasteiger partial charge in [-0.15, -0.1) is 0 Å². The van der Waals surface area contributed by atoms with Crippen LogP contribution in [0.2, 0.25) is 0 Å². The molecule has 4 nitrogen and oxygen atoms in total. The van der Waals surface area contributed by atoms with Crippen molar-refractivity contribution in [3.05, 3.63) is 78.0 Å². The van der Waals surface area contributed by atoms with E-state index in [9.17, 15) is 4.79 Å². The van der Waals surface area contributed by atoms with Gasteiger partial charge in [-0.25, -0.2) is 0 Å². The van der Waals surface area contributed by atoms with Gasteiger partial charge >= 0.3 is 0 Å². The van der Waals surface area contributed by atoms with Crippen molar-refractivity contribution in [3.8, 4) is 0 Å². The first-order valence-corrected chi connectivity index (χ1v) is 7.66. The van der Waals surface area contributed by atoms with Gasteiger partial charge in [0, 0.05) is 24.0 Å². The molecule has 0 radical (unpaired) electrons. The van der Waals surface area contributed by atoms with Crippen molar-refractivity contribution in [2.45, 2.75) is 12.5 Å². The van der Waals surface area contributed by atoms with Gasteiger partial charge in [-0.05, 0) is 17.7 Å². The van der Waals surface area contributed by atoms with Gasteiger partial charge in [0.1, 0.15) is 6.04 Å². The lowest BCUT2D eigenvalue weighted by Gasteiger charge is -2.15. The van der Waals surface area contributed by atoms with Crippen LogP contribution >= 0.6 is 0 Å². The summed E-state index contributed by atoms with van der Waals surface area (Å²) in [6.07, 6.45) is 0.738. The van der Waals surface area contributed by atoms with Gasteiger partial charge in [-0.3, -0.25) is 9.78 Å². The molecular weight excluding hydrogens is 286 g/mol. The molecule has 0 aliphatic carbocycles. The summed E-state index contributed by atoms with van der Waals surface area (Å²) in [4.78, 5) is 16.3. The first kappa shape index (κ1) is 15.2. The van der Waals surface area contributed by atoms with Crippen LogP contribution in [0.5, 0.6) is 0 Å². The first-order valence-electron chi connectivity index (χ1n) is 7.66. The number of rotatable bonds is 6. The molecular formula is C19H19N3O. The van der Waals surface area contributed by atoms with Crippen molar-refractivity contribution in [2.24, 2.45) is 5.73 Å². The predicted octanol–water partition coefficient (Wildman–Crippen LogP) is 2.59. The molecule has 0 spiro atoms. The number of nitrogens with two attached hydrogens (primary N) is 1. The second kappa shape index (κ2) is 7.03. The van der Waals surface area contributed by atoms with E-state index in [4.69, 9.17) is 5.73 Å². The zero-order chi connectivity index (χ0) is 16.1. The fourth-order valence-electron chi connectivity index (χ4n) is 2.62. The number of para-hydroxylation sites is 1. The molecule has 4 heteroatoms. The number of carbonyl (C=O) groups excluding carboxylic acids is 1. The average Bonchev–Trinajstić information content (AvgIpc) is 2.59. The molecule has 0 unspecified atom stereocenters. The van der Waals surface area contributed by atoms with Gasteiger partial charge in [0.15, 0.2) is 0 Å². The molecule has 1 aromatic heterocycles. The zero-order valence-corrected chi connectivity index (χ0v) is 12.8. The third kappa shape index (κ3) is 3.73. The highest BCUT2D eigenvalue weighted by Crippen LogP contribution is 2.14. The lowest BCUT2D eigenvalue weighted by Crippen LogP contribution is -2.34. The summed E-state index contributed by atoms with van der Waals surface area (Å²) in [5.74, 6) is -0.373. The summed E-state index contributed by atoms with van der Waals surface area (Å²) in [7, 11) is 0. The monoisotopic (exact) mass is 305 g/mol. The Bertz CT molecular complexity index is 802. The Morgan fingerprint density at radius 1 is 1.00 bits per heavy atom. The summed E-state index contributed by atoms with van der Waals surface area (Å²) in [5, 5.41) is 4.35. The Hall–Kier alpha value is -2.72. The van der Waals surface area contributed by atoms with Crippen molar-refractivity contribution < 1.29 is 4.79 Å². The number of hydrogen-bond acceptors (Lipinski definition) is 3. The highest BCUT2D eigenvalue weighted by atomic mass is 16.1. The van der Waals surface area contributed by atoms with E-state index in [2.05, 4.69) is 16.4 Å². The lowest BCUT2D eigenvalue weighted by atomic mass is 10.1. The summed E-state index contributed by atoms with van der Waals surface area (Å²) >= 11 is 0. The number of nitrogens with zero attached hydrogens (tertiary/aromatic N) is 1. The number of amides is 1. The molecule has 0 saturated heterocycles. The maximum absolute atomic E-state index is 11.7. The smallest absolute Gasteiger partial charge is 0.239 e. The van der Waals surface area contributed by atoms with Gasteiger partial charge in [0.25, 0.3) is 0 Å². The van der Waals surface area contributed by atoms with Crippen LogP contribution in [-0.4, -0.2) is 17.4 Å². The molecule has 3 aromatic rings. The molecule has 116 valence electrons. The molecule has 0 aliphatic heterocycles. The van der Waals surface area contributed by atoms with E-state index in [1.54, 1.807) is 0 Å². The molecule has 0 saturated carbocycles. The van der Waals surface area contributed by atoms with E-state index < -0.39 is 6.04 Å². The summed E-state index contributed by atoms with van der Waals surface area (Å²) in [5.41, 5.74) is 8.37. The SMILES string of the molecule is NC(=O)[C@@H](NCCc1ccc2ccccc2n1)c1ccccc1. The van der Waals surface area contributed by atoms with E-state index in [0.29, 0.717) is 6.54 Å². The Kier molecular flexibility index (Phi) is 4.64.